The molecule has 152 valence electrons. The number of nitrogens with two attached hydrogens (primary N) is 2. The highest BCUT2D eigenvalue weighted by atomic mass is 16.2. The lowest BCUT2D eigenvalue weighted by Gasteiger charge is -2.38. The number of primary amides is 1. The van der Waals surface area contributed by atoms with E-state index in [-0.39, 0.29) is 17.6 Å². The third-order valence-corrected chi connectivity index (χ3v) is 6.31. The zero-order chi connectivity index (χ0) is 20.7. The maximum atomic E-state index is 11.3. The lowest BCUT2D eigenvalue weighted by Crippen LogP contribution is -2.43. The summed E-state index contributed by atoms with van der Waals surface area (Å²) in [5.74, 6) is 0.863. The predicted octanol–water partition coefficient (Wildman–Crippen LogP) is 3.60. The molecule has 2 aromatic carbocycles. The van der Waals surface area contributed by atoms with E-state index < -0.39 is 6.03 Å². The first-order valence-electron chi connectivity index (χ1n) is 10.3. The number of fused-ring (bicyclic) bond motifs is 1. The number of rotatable bonds is 4. The number of hydrogen-bond donors (Lipinski definition) is 3. The summed E-state index contributed by atoms with van der Waals surface area (Å²) in [4.78, 5) is 18.4. The Balaban J connectivity index is 1.51. The van der Waals surface area contributed by atoms with E-state index in [4.69, 9.17) is 16.5 Å². The smallest absolute Gasteiger partial charge is 0.316 e. The molecule has 0 radical (unpaired) electrons. The van der Waals surface area contributed by atoms with Gasteiger partial charge in [-0.15, -0.1) is 0 Å². The van der Waals surface area contributed by atoms with Crippen LogP contribution < -0.4 is 16.8 Å². The molecule has 0 aromatic heterocycles. The van der Waals surface area contributed by atoms with Gasteiger partial charge in [-0.3, -0.25) is 4.99 Å². The van der Waals surface area contributed by atoms with Gasteiger partial charge in [0.2, 0.25) is 0 Å². The highest BCUT2D eigenvalue weighted by Gasteiger charge is 2.38. The number of aliphatic imine (C=N–C) groups is 1. The van der Waals surface area contributed by atoms with Crippen LogP contribution >= 0.6 is 0 Å². The standard InChI is InChI=1S/C24H25N5O/c25-23(30)27-19-11-12-20-28-21(22(29(20)15-19)17-5-2-1-3-6-17)16-7-9-18(10-8-16)24(26)13-4-14-24/h1-3,5-12,15,21-22H,4,13-14,26H2,(H3,25,27,30). The van der Waals surface area contributed by atoms with Crippen LogP contribution in [0.2, 0.25) is 0 Å². The van der Waals surface area contributed by atoms with Crippen LogP contribution in [0, 0.1) is 0 Å². The quantitative estimate of drug-likeness (QED) is 0.733. The molecule has 5 N–H and O–H groups in total. The average Bonchev–Trinajstić information content (AvgIpc) is 3.11. The molecule has 1 saturated carbocycles. The summed E-state index contributed by atoms with van der Waals surface area (Å²) in [6.45, 7) is 0. The second-order valence-corrected chi connectivity index (χ2v) is 8.23. The first kappa shape index (κ1) is 18.6. The highest BCUT2D eigenvalue weighted by Crippen LogP contribution is 2.45. The van der Waals surface area contributed by atoms with Gasteiger partial charge in [0.15, 0.2) is 0 Å². The molecule has 6 nitrogen and oxygen atoms in total. The summed E-state index contributed by atoms with van der Waals surface area (Å²) in [5.41, 5.74) is 15.8. The Kier molecular flexibility index (Phi) is 4.44. The summed E-state index contributed by atoms with van der Waals surface area (Å²) in [6.07, 6.45) is 8.92. The van der Waals surface area contributed by atoms with Gasteiger partial charge in [0.1, 0.15) is 11.9 Å². The number of urea groups is 1. The summed E-state index contributed by atoms with van der Waals surface area (Å²) >= 11 is 0. The molecule has 0 spiro atoms. The number of nitrogens with one attached hydrogen (secondary N) is 1. The lowest BCUT2D eigenvalue weighted by molar-refractivity contribution is 0.251. The van der Waals surface area contributed by atoms with E-state index >= 15 is 0 Å². The topological polar surface area (TPSA) is 96.7 Å². The maximum absolute atomic E-state index is 11.3. The molecule has 2 aliphatic heterocycles. The molecule has 3 aliphatic rings. The van der Waals surface area contributed by atoms with Gasteiger partial charge in [-0.2, -0.15) is 0 Å². The van der Waals surface area contributed by atoms with Gasteiger partial charge in [0.05, 0.1) is 11.7 Å². The van der Waals surface area contributed by atoms with Crippen molar-refractivity contribution in [3.05, 3.63) is 95.3 Å². The van der Waals surface area contributed by atoms with Crippen LogP contribution in [0.5, 0.6) is 0 Å². The van der Waals surface area contributed by atoms with E-state index in [1.165, 1.54) is 12.0 Å². The molecule has 1 fully saturated rings. The molecular formula is C24H25N5O. The Morgan fingerprint density at radius 1 is 1.03 bits per heavy atom. The van der Waals surface area contributed by atoms with Crippen molar-refractivity contribution in [3.63, 3.8) is 0 Å². The molecular weight excluding hydrogens is 374 g/mol. The van der Waals surface area contributed by atoms with E-state index in [0.29, 0.717) is 5.70 Å². The molecule has 2 aromatic rings. The monoisotopic (exact) mass is 399 g/mol. The minimum absolute atomic E-state index is 0.0165. The third-order valence-electron chi connectivity index (χ3n) is 6.31. The number of amidine groups is 1. The fraction of sp³-hybridized carbons (Fsp3) is 0.250. The fourth-order valence-corrected chi connectivity index (χ4v) is 4.53. The van der Waals surface area contributed by atoms with Crippen molar-refractivity contribution < 1.29 is 4.79 Å². The van der Waals surface area contributed by atoms with E-state index in [2.05, 4.69) is 46.6 Å². The van der Waals surface area contributed by atoms with Crippen molar-refractivity contribution in [3.8, 4) is 0 Å². The summed E-state index contributed by atoms with van der Waals surface area (Å²) in [5, 5.41) is 2.66. The number of carbonyl (C=O) groups excluding carboxylic acids is 1. The van der Waals surface area contributed by atoms with Gasteiger partial charge < -0.3 is 21.7 Å². The molecule has 0 bridgehead atoms. The molecule has 1 aliphatic carbocycles. The normalized spacial score (nSPS) is 23.8. The number of allylic oxidation sites excluding steroid dienone is 1. The number of carbonyl (C=O) groups is 1. The Labute approximate surface area is 176 Å². The zero-order valence-corrected chi connectivity index (χ0v) is 16.7. The number of benzene rings is 2. The predicted molar refractivity (Wildman–Crippen MR) is 117 cm³/mol. The SMILES string of the molecule is NC(=O)NC1=CN2C(=NC(c3ccc(C4(N)CCC4)cc3)C2c2ccccc2)C=C1. The van der Waals surface area contributed by atoms with Crippen LogP contribution in [0.15, 0.2) is 83.6 Å². The van der Waals surface area contributed by atoms with E-state index in [1.807, 2.05) is 36.6 Å². The van der Waals surface area contributed by atoms with E-state index in [0.717, 1.165) is 29.8 Å². The average molecular weight is 399 g/mol. The number of nitrogens with zero attached hydrogens (tertiary/aromatic N) is 2. The molecule has 2 heterocycles. The van der Waals surface area contributed by atoms with Gasteiger partial charge in [-0.1, -0.05) is 54.6 Å². The summed E-state index contributed by atoms with van der Waals surface area (Å²) in [7, 11) is 0. The van der Waals surface area contributed by atoms with Crippen LogP contribution in [0.1, 0.15) is 48.0 Å². The van der Waals surface area contributed by atoms with Gasteiger partial charge >= 0.3 is 6.03 Å². The molecule has 5 rings (SSSR count). The third kappa shape index (κ3) is 3.19. The Morgan fingerprint density at radius 3 is 2.40 bits per heavy atom. The zero-order valence-electron chi connectivity index (χ0n) is 16.7. The van der Waals surface area contributed by atoms with Crippen molar-refractivity contribution in [1.29, 1.82) is 0 Å². The van der Waals surface area contributed by atoms with Crippen molar-refractivity contribution in [2.45, 2.75) is 36.9 Å². The van der Waals surface area contributed by atoms with Gasteiger partial charge in [0, 0.05) is 11.7 Å². The second kappa shape index (κ2) is 7.15. The molecule has 6 heteroatoms. The Morgan fingerprint density at radius 2 is 1.77 bits per heavy atom. The summed E-state index contributed by atoms with van der Waals surface area (Å²) < 4.78 is 0. The highest BCUT2D eigenvalue weighted by molar-refractivity contribution is 5.97. The Bertz CT molecular complexity index is 1050. The molecule has 0 saturated heterocycles. The van der Waals surface area contributed by atoms with Gasteiger partial charge in [-0.05, 0) is 48.1 Å². The molecule has 30 heavy (non-hydrogen) atoms. The fourth-order valence-electron chi connectivity index (χ4n) is 4.53. The molecule has 2 unspecified atom stereocenters. The Hall–Kier alpha value is -3.38. The number of hydrogen-bond acceptors (Lipinski definition) is 4. The largest absolute Gasteiger partial charge is 0.351 e. The van der Waals surface area contributed by atoms with Crippen LogP contribution in [0.25, 0.3) is 0 Å². The van der Waals surface area contributed by atoms with Gasteiger partial charge in [0.25, 0.3) is 0 Å². The second-order valence-electron chi connectivity index (χ2n) is 8.23. The van der Waals surface area contributed by atoms with E-state index in [1.54, 1.807) is 0 Å². The van der Waals surface area contributed by atoms with Gasteiger partial charge in [-0.25, -0.2) is 4.79 Å². The lowest BCUT2D eigenvalue weighted by atomic mass is 9.72. The van der Waals surface area contributed by atoms with Crippen LogP contribution in [0.4, 0.5) is 4.79 Å². The van der Waals surface area contributed by atoms with Crippen LogP contribution in [0.3, 0.4) is 0 Å². The summed E-state index contributed by atoms with van der Waals surface area (Å²) in [6, 6.07) is 18.3. The first-order valence-corrected chi connectivity index (χ1v) is 10.3. The van der Waals surface area contributed by atoms with Crippen LogP contribution in [-0.4, -0.2) is 16.8 Å². The molecule has 2 amide bonds. The molecule has 2 atom stereocenters. The van der Waals surface area contributed by atoms with Crippen molar-refractivity contribution in [1.82, 2.24) is 10.2 Å². The maximum Gasteiger partial charge on any atom is 0.316 e. The first-order chi connectivity index (χ1) is 14.5. The van der Waals surface area contributed by atoms with Crippen molar-refractivity contribution >= 4 is 11.9 Å². The number of amides is 2. The van der Waals surface area contributed by atoms with Crippen LogP contribution in [-0.2, 0) is 5.54 Å². The van der Waals surface area contributed by atoms with E-state index in [9.17, 15) is 4.79 Å². The minimum Gasteiger partial charge on any atom is -0.351 e. The van der Waals surface area contributed by atoms with Crippen molar-refractivity contribution in [2.75, 3.05) is 0 Å². The van der Waals surface area contributed by atoms with Crippen molar-refractivity contribution in [2.24, 2.45) is 16.5 Å². The minimum atomic E-state index is -0.583.